The molecule has 10 heavy (non-hydrogen) atoms. The van der Waals surface area contributed by atoms with Crippen LogP contribution < -0.4 is 0 Å². The molecule has 2 aromatic rings. The predicted octanol–water partition coefficient (Wildman–Crippen LogP) is 2.72. The predicted molar refractivity (Wildman–Crippen MR) is 44.2 cm³/mol. The van der Waals surface area contributed by atoms with Crippen LogP contribution in [0.4, 0.5) is 0 Å². The van der Waals surface area contributed by atoms with Gasteiger partial charge in [0.05, 0.1) is 0 Å². The zero-order chi connectivity index (χ0) is 6.97. The minimum absolute atomic E-state index is 0.807. The molecule has 1 N–H and O–H groups in total. The van der Waals surface area contributed by atoms with E-state index in [4.69, 9.17) is 12.6 Å². The smallest absolute Gasteiger partial charge is 0.104 e. The number of aromatic amines is 1. The quantitative estimate of drug-likeness (QED) is 0.591. The van der Waals surface area contributed by atoms with Crippen molar-refractivity contribution in [2.24, 2.45) is 0 Å². The van der Waals surface area contributed by atoms with Gasteiger partial charge >= 0.3 is 0 Å². The van der Waals surface area contributed by atoms with Gasteiger partial charge in [0, 0.05) is 10.9 Å². The second kappa shape index (κ2) is 1.99. The van der Waals surface area contributed by atoms with Crippen molar-refractivity contribution in [2.75, 3.05) is 0 Å². The van der Waals surface area contributed by atoms with Crippen molar-refractivity contribution in [3.8, 4) is 0 Å². The summed E-state index contributed by atoms with van der Waals surface area (Å²) in [5, 5.41) is 1.99. The molecule has 49 valence electrons. The molecule has 0 bridgehead atoms. The van der Waals surface area contributed by atoms with Gasteiger partial charge in [-0.25, -0.2) is 0 Å². The molecule has 1 nitrogen and oxygen atoms in total. The third-order valence-corrected chi connectivity index (χ3v) is 1.73. The number of para-hydroxylation sites is 1. The fourth-order valence-corrected chi connectivity index (χ4v) is 1.28. The van der Waals surface area contributed by atoms with Crippen LogP contribution >= 0.6 is 12.6 Å². The first-order chi connectivity index (χ1) is 4.86. The first-order valence-corrected chi connectivity index (χ1v) is 3.52. The zero-order valence-corrected chi connectivity index (χ0v) is 6.11. The lowest BCUT2D eigenvalue weighted by atomic mass is 10.3. The molecule has 0 fully saturated rings. The van der Waals surface area contributed by atoms with E-state index in [0.717, 1.165) is 10.5 Å². The summed E-state index contributed by atoms with van der Waals surface area (Å²) in [5.41, 5.74) is 1.12. The zero-order valence-electron chi connectivity index (χ0n) is 5.29. The van der Waals surface area contributed by atoms with Crippen molar-refractivity contribution < 1.29 is 0 Å². The summed E-state index contributed by atoms with van der Waals surface area (Å²) in [6.07, 6.45) is 0. The molecule has 0 saturated carbocycles. The van der Waals surface area contributed by atoms with Gasteiger partial charge in [0.15, 0.2) is 0 Å². The molecule has 0 unspecified atom stereocenters. The monoisotopic (exact) mass is 148 g/mol. The molecule has 0 aliphatic heterocycles. The summed E-state index contributed by atoms with van der Waals surface area (Å²) in [6, 6.07) is 10.0. The van der Waals surface area contributed by atoms with E-state index in [1.165, 1.54) is 5.39 Å². The molecule has 0 aliphatic carbocycles. The first kappa shape index (κ1) is 5.74. The van der Waals surface area contributed by atoms with Crippen LogP contribution in [0.3, 0.4) is 0 Å². The fourth-order valence-electron chi connectivity index (χ4n) is 1.05. The average molecular weight is 148 g/mol. The maximum Gasteiger partial charge on any atom is 0.104 e. The summed E-state index contributed by atoms with van der Waals surface area (Å²) in [5.74, 6) is 0. The van der Waals surface area contributed by atoms with Crippen LogP contribution in [0, 0.1) is 0 Å². The van der Waals surface area contributed by atoms with Crippen molar-refractivity contribution in [1.82, 2.24) is 4.98 Å². The van der Waals surface area contributed by atoms with Gasteiger partial charge in [-0.3, -0.25) is 0 Å². The average Bonchev–Trinajstić information content (AvgIpc) is 2.27. The molecule has 0 saturated heterocycles. The molecule has 0 aliphatic rings. The van der Waals surface area contributed by atoms with E-state index in [0.29, 0.717) is 0 Å². The maximum absolute atomic E-state index is 4.96. The lowest BCUT2D eigenvalue weighted by Crippen LogP contribution is -1.63. The molecule has 0 atom stereocenters. The minimum Gasteiger partial charge on any atom is -0.346 e. The van der Waals surface area contributed by atoms with Crippen LogP contribution in [0.5, 0.6) is 0 Å². The highest BCUT2D eigenvalue weighted by Gasteiger charge is 1.93. The Balaban J connectivity index is 2.88. The normalized spacial score (nSPS) is 10.4. The second-order valence-electron chi connectivity index (χ2n) is 2.22. The Morgan fingerprint density at radius 2 is 2.00 bits per heavy atom. The summed E-state index contributed by atoms with van der Waals surface area (Å²) in [4.78, 5) is 3.07. The van der Waals surface area contributed by atoms with Crippen LogP contribution in [0.15, 0.2) is 35.4 Å². The van der Waals surface area contributed by atoms with Crippen LogP contribution in [0.2, 0.25) is 0 Å². The van der Waals surface area contributed by atoms with Crippen LogP contribution in [-0.2, 0) is 0 Å². The Labute approximate surface area is 64.5 Å². The Morgan fingerprint density at radius 3 is 2.80 bits per heavy atom. The first-order valence-electron chi connectivity index (χ1n) is 3.11. The van der Waals surface area contributed by atoms with Gasteiger partial charge in [0.25, 0.3) is 0 Å². The van der Waals surface area contributed by atoms with Crippen molar-refractivity contribution in [3.05, 3.63) is 30.3 Å². The Hall–Kier alpha value is -1.02. The van der Waals surface area contributed by atoms with Crippen LogP contribution in [0.25, 0.3) is 10.9 Å². The lowest BCUT2D eigenvalue weighted by molar-refractivity contribution is 1.25. The Morgan fingerprint density at radius 1 is 1.20 bits per heavy atom. The van der Waals surface area contributed by atoms with Gasteiger partial charge in [-0.1, -0.05) is 30.8 Å². The molecule has 1 heterocycles. The van der Waals surface area contributed by atoms with Gasteiger partial charge < -0.3 is 4.98 Å². The number of nitrogens with one attached hydrogen (secondary N) is 1. The molecule has 2 rings (SSSR count). The maximum atomic E-state index is 4.96. The van der Waals surface area contributed by atoms with Gasteiger partial charge in [-0.15, -0.1) is 0 Å². The molecule has 1 radical (unpaired) electrons. The second-order valence-corrected chi connectivity index (χ2v) is 2.66. The third kappa shape index (κ3) is 0.772. The topological polar surface area (TPSA) is 15.8 Å². The van der Waals surface area contributed by atoms with E-state index in [1.54, 1.807) is 0 Å². The SMILES string of the molecule is [S]c1cc2ccccc2[nH]1. The largest absolute Gasteiger partial charge is 0.346 e. The summed E-state index contributed by atoms with van der Waals surface area (Å²) in [6.45, 7) is 0. The standard InChI is InChI=1S/C8H6NS/c10-8-5-6-3-1-2-4-7(6)9-8/h1-5,9H. The number of H-pyrrole nitrogens is 1. The van der Waals surface area contributed by atoms with E-state index >= 15 is 0 Å². The summed E-state index contributed by atoms with van der Waals surface area (Å²) in [7, 11) is 0. The highest BCUT2D eigenvalue weighted by Crippen LogP contribution is 2.16. The number of fused-ring (bicyclic) bond motifs is 1. The summed E-state index contributed by atoms with van der Waals surface area (Å²) >= 11 is 4.96. The molecule has 0 spiro atoms. The molecule has 2 heteroatoms. The van der Waals surface area contributed by atoms with E-state index in [2.05, 4.69) is 4.98 Å². The van der Waals surface area contributed by atoms with Gasteiger partial charge in [0.2, 0.25) is 0 Å². The van der Waals surface area contributed by atoms with E-state index in [-0.39, 0.29) is 0 Å². The minimum atomic E-state index is 0.807. The fraction of sp³-hybridized carbons (Fsp3) is 0. The van der Waals surface area contributed by atoms with Crippen molar-refractivity contribution in [1.29, 1.82) is 0 Å². The highest BCUT2D eigenvalue weighted by molar-refractivity contribution is 7.80. The number of aromatic nitrogens is 1. The number of hydrogen-bond donors (Lipinski definition) is 1. The number of hydrogen-bond acceptors (Lipinski definition) is 0. The molecule has 1 aromatic heterocycles. The van der Waals surface area contributed by atoms with Crippen molar-refractivity contribution in [2.45, 2.75) is 5.03 Å². The molecular formula is C8H6NS. The summed E-state index contributed by atoms with van der Waals surface area (Å²) < 4.78 is 0. The van der Waals surface area contributed by atoms with Crippen LogP contribution in [0.1, 0.15) is 0 Å². The Bertz CT molecular complexity index is 318. The van der Waals surface area contributed by atoms with E-state index in [9.17, 15) is 0 Å². The Kier molecular flexibility index (Phi) is 1.14. The highest BCUT2D eigenvalue weighted by atomic mass is 32.1. The van der Waals surface area contributed by atoms with Gasteiger partial charge in [-0.2, -0.15) is 0 Å². The molecule has 1 aromatic carbocycles. The van der Waals surface area contributed by atoms with Gasteiger partial charge in [0.1, 0.15) is 5.03 Å². The number of rotatable bonds is 0. The van der Waals surface area contributed by atoms with Crippen LogP contribution in [-0.4, -0.2) is 4.98 Å². The number of benzene rings is 1. The molecular weight excluding hydrogens is 142 g/mol. The lowest BCUT2D eigenvalue weighted by Gasteiger charge is -1.83. The van der Waals surface area contributed by atoms with Crippen molar-refractivity contribution >= 4 is 23.5 Å². The van der Waals surface area contributed by atoms with Gasteiger partial charge in [-0.05, 0) is 12.1 Å². The van der Waals surface area contributed by atoms with Crippen molar-refractivity contribution in [3.63, 3.8) is 0 Å². The van der Waals surface area contributed by atoms with E-state index in [1.807, 2.05) is 30.3 Å². The van der Waals surface area contributed by atoms with E-state index < -0.39 is 0 Å². The molecule has 0 amide bonds. The third-order valence-electron chi connectivity index (χ3n) is 1.51.